The van der Waals surface area contributed by atoms with Crippen molar-refractivity contribution in [1.29, 1.82) is 0 Å². The number of pyridine rings is 1. The van der Waals surface area contributed by atoms with Gasteiger partial charge >= 0.3 is 6.18 Å². The van der Waals surface area contributed by atoms with Crippen LogP contribution in [0.3, 0.4) is 0 Å². The molecule has 0 aliphatic rings. The summed E-state index contributed by atoms with van der Waals surface area (Å²) in [6.45, 7) is 2.76. The van der Waals surface area contributed by atoms with Crippen LogP contribution in [0.1, 0.15) is 31.1 Å². The molecular weight excluding hydrogens is 598 g/mol. The first-order valence-corrected chi connectivity index (χ1v) is 13.6. The topological polar surface area (TPSA) is 110 Å². The lowest BCUT2D eigenvalue weighted by molar-refractivity contribution is -0.175. The number of nitrogens with zero attached hydrogens (tertiary/aromatic N) is 1. The van der Waals surface area contributed by atoms with Gasteiger partial charge in [0.25, 0.3) is 5.78 Å². The van der Waals surface area contributed by atoms with E-state index in [1.165, 1.54) is 51.3 Å². The lowest BCUT2D eigenvalue weighted by Gasteiger charge is -2.30. The van der Waals surface area contributed by atoms with Crippen LogP contribution in [-0.2, 0) is 16.0 Å². The van der Waals surface area contributed by atoms with Crippen LogP contribution >= 0.6 is 23.2 Å². The van der Waals surface area contributed by atoms with Crippen molar-refractivity contribution in [2.75, 3.05) is 7.11 Å². The zero-order valence-corrected chi connectivity index (χ0v) is 24.4. The molecule has 1 amide bonds. The molecule has 8 nitrogen and oxygen atoms in total. The maximum atomic E-state index is 13.5. The number of benzene rings is 2. The Morgan fingerprint density at radius 2 is 1.64 bits per heavy atom. The standard InChI is InChI=1S/C29H30Cl2F3N3O5/c1-16(2)24(26(38)29(32,33)34)36-28(40)25(17-7-9-21(41-3)10-8-17)37-27(39)23(15-20-6-4-5-11-35-20)42-22-13-18(30)12-19(31)14-22/h4-14,16,23-25,27,37,39H,15H2,1-3H3,(H,36,40)/t23-,24-,25-,27?/m0/s1. The highest BCUT2D eigenvalue weighted by molar-refractivity contribution is 6.34. The second kappa shape index (κ2) is 14.7. The molecule has 1 unspecified atom stereocenters. The van der Waals surface area contributed by atoms with Gasteiger partial charge in [0.2, 0.25) is 5.91 Å². The number of aliphatic hydroxyl groups is 1. The monoisotopic (exact) mass is 627 g/mol. The van der Waals surface area contributed by atoms with Crippen LogP contribution in [-0.4, -0.2) is 53.4 Å². The summed E-state index contributed by atoms with van der Waals surface area (Å²) in [6, 6.07) is 12.4. The molecule has 0 aliphatic carbocycles. The van der Waals surface area contributed by atoms with Gasteiger partial charge in [0, 0.05) is 28.4 Å². The van der Waals surface area contributed by atoms with Crippen LogP contribution in [0, 0.1) is 5.92 Å². The molecule has 4 atom stereocenters. The average Bonchev–Trinajstić information content (AvgIpc) is 2.93. The summed E-state index contributed by atoms with van der Waals surface area (Å²) in [5.41, 5.74) is 0.814. The number of aliphatic hydroxyl groups excluding tert-OH is 1. The van der Waals surface area contributed by atoms with E-state index in [9.17, 15) is 27.9 Å². The zero-order chi connectivity index (χ0) is 31.0. The first kappa shape index (κ1) is 33.1. The van der Waals surface area contributed by atoms with Crippen molar-refractivity contribution in [2.45, 2.75) is 50.9 Å². The number of carbonyl (C=O) groups excluding carboxylic acids is 2. The van der Waals surface area contributed by atoms with Gasteiger partial charge in [0.15, 0.2) is 0 Å². The molecule has 3 aromatic rings. The van der Waals surface area contributed by atoms with Crippen molar-refractivity contribution in [1.82, 2.24) is 15.6 Å². The van der Waals surface area contributed by atoms with Crippen molar-refractivity contribution in [2.24, 2.45) is 5.92 Å². The minimum atomic E-state index is -5.16. The lowest BCUT2D eigenvalue weighted by atomic mass is 9.97. The molecule has 13 heteroatoms. The highest BCUT2D eigenvalue weighted by atomic mass is 35.5. The summed E-state index contributed by atoms with van der Waals surface area (Å²) < 4.78 is 51.1. The number of hydrogen-bond acceptors (Lipinski definition) is 7. The average molecular weight is 628 g/mol. The number of aromatic nitrogens is 1. The highest BCUT2D eigenvalue weighted by Crippen LogP contribution is 2.27. The fourth-order valence-corrected chi connectivity index (χ4v) is 4.57. The SMILES string of the molecule is COc1ccc([C@H](NC(O)[C@H](Cc2ccccn2)Oc2cc(Cl)cc(Cl)c2)C(=O)N[C@H](C(=O)C(F)(F)F)C(C)C)cc1. The second-order valence-corrected chi connectivity index (χ2v) is 10.6. The van der Waals surface area contributed by atoms with Crippen LogP contribution in [0.15, 0.2) is 66.9 Å². The summed E-state index contributed by atoms with van der Waals surface area (Å²) in [7, 11) is 1.44. The number of rotatable bonds is 13. The second-order valence-electron chi connectivity index (χ2n) is 9.70. The number of ether oxygens (including phenoxy) is 2. The summed E-state index contributed by atoms with van der Waals surface area (Å²) in [6.07, 6.45) is -6.22. The number of carbonyl (C=O) groups is 2. The Hall–Kier alpha value is -3.38. The molecule has 0 aliphatic heterocycles. The molecule has 3 N–H and O–H groups in total. The van der Waals surface area contributed by atoms with Crippen LogP contribution < -0.4 is 20.1 Å². The quantitative estimate of drug-likeness (QED) is 0.220. The largest absolute Gasteiger partial charge is 0.497 e. The number of halogens is 5. The van der Waals surface area contributed by atoms with Gasteiger partial charge in [-0.3, -0.25) is 19.9 Å². The van der Waals surface area contributed by atoms with E-state index in [2.05, 4.69) is 15.6 Å². The molecular formula is C29H30Cl2F3N3O5. The third-order valence-corrected chi connectivity index (χ3v) is 6.62. The minimum Gasteiger partial charge on any atom is -0.497 e. The molecule has 0 saturated carbocycles. The molecule has 42 heavy (non-hydrogen) atoms. The highest BCUT2D eigenvalue weighted by Gasteiger charge is 2.45. The Kier molecular flexibility index (Phi) is 11.6. The first-order chi connectivity index (χ1) is 19.8. The van der Waals surface area contributed by atoms with Crippen LogP contribution in [0.2, 0.25) is 10.0 Å². The van der Waals surface area contributed by atoms with Crippen molar-refractivity contribution < 1.29 is 37.3 Å². The zero-order valence-electron chi connectivity index (χ0n) is 22.9. The molecule has 0 radical (unpaired) electrons. The van der Waals surface area contributed by atoms with Gasteiger partial charge in [-0.05, 0) is 53.9 Å². The van der Waals surface area contributed by atoms with Crippen molar-refractivity contribution in [3.63, 3.8) is 0 Å². The Balaban J connectivity index is 1.96. The van der Waals surface area contributed by atoms with Crippen LogP contribution in [0.5, 0.6) is 11.5 Å². The maximum absolute atomic E-state index is 13.5. The molecule has 2 aromatic carbocycles. The Labute approximate surface area is 251 Å². The smallest absolute Gasteiger partial charge is 0.452 e. The first-order valence-electron chi connectivity index (χ1n) is 12.8. The fraction of sp³-hybridized carbons (Fsp3) is 0.345. The van der Waals surface area contributed by atoms with E-state index in [1.54, 1.807) is 36.5 Å². The van der Waals surface area contributed by atoms with Gasteiger partial charge in [0.05, 0.1) is 13.2 Å². The molecule has 0 spiro atoms. The molecule has 1 aromatic heterocycles. The predicted molar refractivity (Wildman–Crippen MR) is 152 cm³/mol. The Morgan fingerprint density at radius 3 is 2.17 bits per heavy atom. The summed E-state index contributed by atoms with van der Waals surface area (Å²) in [4.78, 5) is 29.8. The predicted octanol–water partition coefficient (Wildman–Crippen LogP) is 5.31. The van der Waals surface area contributed by atoms with Crippen molar-refractivity contribution in [3.05, 3.63) is 88.2 Å². The molecule has 3 rings (SSSR count). The Bertz CT molecular complexity index is 1320. The number of nitrogens with one attached hydrogen (secondary N) is 2. The van der Waals surface area contributed by atoms with E-state index in [-0.39, 0.29) is 27.8 Å². The van der Waals surface area contributed by atoms with E-state index >= 15 is 0 Å². The van der Waals surface area contributed by atoms with Crippen LogP contribution in [0.4, 0.5) is 13.2 Å². The van der Waals surface area contributed by atoms with Gasteiger partial charge in [0.1, 0.15) is 29.9 Å². The summed E-state index contributed by atoms with van der Waals surface area (Å²) in [5.74, 6) is -3.26. The number of Topliss-reactive ketones (excluding diaryl/α,β-unsaturated/α-hetero) is 1. The lowest BCUT2D eigenvalue weighted by Crippen LogP contribution is -2.54. The number of hydrogen-bond donors (Lipinski definition) is 3. The van der Waals surface area contributed by atoms with Crippen molar-refractivity contribution >= 4 is 34.9 Å². The third-order valence-electron chi connectivity index (χ3n) is 6.19. The molecule has 0 bridgehead atoms. The van der Waals surface area contributed by atoms with Gasteiger partial charge in [-0.2, -0.15) is 13.2 Å². The minimum absolute atomic E-state index is 0.0528. The normalized spacial score (nSPS) is 14.5. The number of amides is 1. The number of ketones is 1. The summed E-state index contributed by atoms with van der Waals surface area (Å²) >= 11 is 12.2. The third kappa shape index (κ3) is 9.32. The number of methoxy groups -OCH3 is 1. The van der Waals surface area contributed by atoms with E-state index in [4.69, 9.17) is 32.7 Å². The van der Waals surface area contributed by atoms with Gasteiger partial charge in [-0.1, -0.05) is 55.2 Å². The van der Waals surface area contributed by atoms with E-state index < -0.39 is 48.2 Å². The van der Waals surface area contributed by atoms with E-state index in [1.807, 2.05) is 0 Å². The summed E-state index contributed by atoms with van der Waals surface area (Å²) in [5, 5.41) is 16.9. The van der Waals surface area contributed by atoms with E-state index in [0.717, 1.165) is 0 Å². The Morgan fingerprint density at radius 1 is 1.00 bits per heavy atom. The number of alkyl halides is 3. The fourth-order valence-electron chi connectivity index (χ4n) is 4.06. The molecule has 0 saturated heterocycles. The molecule has 226 valence electrons. The molecule has 0 fully saturated rings. The van der Waals surface area contributed by atoms with Gasteiger partial charge in [-0.25, -0.2) is 0 Å². The van der Waals surface area contributed by atoms with Gasteiger partial charge < -0.3 is 19.9 Å². The van der Waals surface area contributed by atoms with E-state index in [0.29, 0.717) is 11.4 Å². The van der Waals surface area contributed by atoms with Gasteiger partial charge in [-0.15, -0.1) is 0 Å². The van der Waals surface area contributed by atoms with Crippen LogP contribution in [0.25, 0.3) is 0 Å². The molecule has 1 heterocycles. The van der Waals surface area contributed by atoms with Crippen molar-refractivity contribution in [3.8, 4) is 11.5 Å². The maximum Gasteiger partial charge on any atom is 0.452 e.